The zero-order chi connectivity index (χ0) is 12.3. The first-order chi connectivity index (χ1) is 7.33. The zero-order valence-corrected chi connectivity index (χ0v) is 10.2. The number of pyridine rings is 1. The number of carbonyl (C=O) groups is 1. The smallest absolute Gasteiger partial charge is 0.171 e. The molecule has 1 heterocycles. The van der Waals surface area contributed by atoms with Crippen LogP contribution in [0, 0.1) is 0 Å². The lowest BCUT2D eigenvalue weighted by Crippen LogP contribution is -2.23. The monoisotopic (exact) mass is 243 g/mol. The minimum atomic E-state index is -1.05. The van der Waals surface area contributed by atoms with E-state index in [1.165, 1.54) is 19.4 Å². The molecule has 0 saturated heterocycles. The average Bonchev–Trinajstić information content (AvgIpc) is 2.14. The Morgan fingerprint density at radius 1 is 1.62 bits per heavy atom. The van der Waals surface area contributed by atoms with Crippen LogP contribution in [0.3, 0.4) is 0 Å². The molecule has 0 aromatic carbocycles. The van der Waals surface area contributed by atoms with Gasteiger partial charge in [-0.05, 0) is 13.8 Å². The molecular formula is C11H14ClNO3. The molecule has 0 amide bonds. The lowest BCUT2D eigenvalue weighted by Gasteiger charge is -2.16. The highest BCUT2D eigenvalue weighted by molar-refractivity contribution is 6.29. The lowest BCUT2D eigenvalue weighted by atomic mass is 9.98. The third-order valence-electron chi connectivity index (χ3n) is 1.95. The molecule has 0 atom stereocenters. The summed E-state index contributed by atoms with van der Waals surface area (Å²) in [6.45, 7) is 3.14. The van der Waals surface area contributed by atoms with Gasteiger partial charge in [0, 0.05) is 18.7 Å². The molecule has 0 aliphatic heterocycles. The first-order valence-electron chi connectivity index (χ1n) is 4.78. The molecule has 0 fully saturated rings. The number of hydrogen-bond acceptors (Lipinski definition) is 4. The van der Waals surface area contributed by atoms with Gasteiger partial charge < -0.3 is 9.84 Å². The molecule has 88 valence electrons. The van der Waals surface area contributed by atoms with Gasteiger partial charge in [-0.2, -0.15) is 0 Å². The third kappa shape index (κ3) is 3.47. The second kappa shape index (κ2) is 4.80. The van der Waals surface area contributed by atoms with E-state index in [1.807, 2.05) is 0 Å². The van der Waals surface area contributed by atoms with Crippen molar-refractivity contribution < 1.29 is 14.6 Å². The number of ketones is 1. The van der Waals surface area contributed by atoms with Gasteiger partial charge in [0.1, 0.15) is 10.9 Å². The summed E-state index contributed by atoms with van der Waals surface area (Å²) >= 11 is 5.68. The van der Waals surface area contributed by atoms with Crippen molar-refractivity contribution in [3.05, 3.63) is 23.0 Å². The molecule has 1 rings (SSSR count). The van der Waals surface area contributed by atoms with Gasteiger partial charge in [0.05, 0.1) is 18.3 Å². The molecule has 0 radical (unpaired) electrons. The average molecular weight is 244 g/mol. The summed E-state index contributed by atoms with van der Waals surface area (Å²) in [6, 6.07) is 1.47. The number of nitrogens with zero attached hydrogens (tertiary/aromatic N) is 1. The van der Waals surface area contributed by atoms with E-state index in [0.29, 0.717) is 11.3 Å². The van der Waals surface area contributed by atoms with Crippen molar-refractivity contribution in [2.24, 2.45) is 0 Å². The molecule has 0 aliphatic carbocycles. The number of ether oxygens (including phenoxy) is 1. The quantitative estimate of drug-likeness (QED) is 0.650. The van der Waals surface area contributed by atoms with Gasteiger partial charge in [0.15, 0.2) is 5.78 Å². The van der Waals surface area contributed by atoms with Crippen molar-refractivity contribution in [2.45, 2.75) is 25.9 Å². The third-order valence-corrected chi connectivity index (χ3v) is 2.15. The van der Waals surface area contributed by atoms with Crippen molar-refractivity contribution in [1.29, 1.82) is 0 Å². The Hall–Kier alpha value is -1.13. The van der Waals surface area contributed by atoms with Crippen molar-refractivity contribution in [3.8, 4) is 5.75 Å². The van der Waals surface area contributed by atoms with Crippen molar-refractivity contribution >= 4 is 17.4 Å². The van der Waals surface area contributed by atoms with E-state index in [2.05, 4.69) is 4.98 Å². The number of methoxy groups -OCH3 is 1. The normalized spacial score (nSPS) is 11.3. The van der Waals surface area contributed by atoms with Crippen molar-refractivity contribution in [3.63, 3.8) is 0 Å². The van der Waals surface area contributed by atoms with Gasteiger partial charge in [0.25, 0.3) is 0 Å². The van der Waals surface area contributed by atoms with E-state index in [9.17, 15) is 9.90 Å². The second-order valence-corrected chi connectivity index (χ2v) is 4.51. The largest absolute Gasteiger partial charge is 0.496 e. The maximum Gasteiger partial charge on any atom is 0.171 e. The molecule has 0 aliphatic rings. The van der Waals surface area contributed by atoms with Gasteiger partial charge in [-0.3, -0.25) is 4.79 Å². The van der Waals surface area contributed by atoms with E-state index in [1.54, 1.807) is 13.8 Å². The Morgan fingerprint density at radius 3 is 2.75 bits per heavy atom. The number of Topliss-reactive ketones (excluding diaryl/α,β-unsaturated/α-hetero) is 1. The summed E-state index contributed by atoms with van der Waals surface area (Å²) in [5.74, 6) is 0.141. The predicted molar refractivity (Wildman–Crippen MR) is 61.0 cm³/mol. The van der Waals surface area contributed by atoms with Gasteiger partial charge in [-0.1, -0.05) is 11.6 Å². The van der Waals surface area contributed by atoms with Gasteiger partial charge in [-0.15, -0.1) is 0 Å². The van der Waals surface area contributed by atoms with Crippen LogP contribution in [0.1, 0.15) is 30.6 Å². The van der Waals surface area contributed by atoms with Gasteiger partial charge >= 0.3 is 0 Å². The molecule has 0 bridgehead atoms. The molecule has 0 spiro atoms. The molecular weight excluding hydrogens is 230 g/mol. The fourth-order valence-electron chi connectivity index (χ4n) is 1.28. The van der Waals surface area contributed by atoms with Crippen LogP contribution in [0.15, 0.2) is 12.3 Å². The Morgan fingerprint density at radius 2 is 2.25 bits per heavy atom. The zero-order valence-electron chi connectivity index (χ0n) is 9.45. The van der Waals surface area contributed by atoms with Crippen LogP contribution >= 0.6 is 11.6 Å². The molecule has 4 nitrogen and oxygen atoms in total. The first-order valence-corrected chi connectivity index (χ1v) is 5.16. The van der Waals surface area contributed by atoms with Gasteiger partial charge in [-0.25, -0.2) is 4.98 Å². The standard InChI is InChI=1S/C11H14ClNO3/c1-11(2,15)5-8(14)7-6-13-10(12)4-9(7)16-3/h4,6,15H,5H2,1-3H3. The molecule has 16 heavy (non-hydrogen) atoms. The maximum absolute atomic E-state index is 11.8. The summed E-state index contributed by atoms with van der Waals surface area (Å²) in [6.07, 6.45) is 1.36. The number of aliphatic hydroxyl groups is 1. The number of hydrogen-bond donors (Lipinski definition) is 1. The minimum Gasteiger partial charge on any atom is -0.496 e. The van der Waals surface area contributed by atoms with Crippen LogP contribution in [0.25, 0.3) is 0 Å². The maximum atomic E-state index is 11.8. The highest BCUT2D eigenvalue weighted by Crippen LogP contribution is 2.24. The van der Waals surface area contributed by atoms with Crippen LogP contribution in [0.4, 0.5) is 0 Å². The van der Waals surface area contributed by atoms with E-state index >= 15 is 0 Å². The lowest BCUT2D eigenvalue weighted by molar-refractivity contribution is 0.0586. The predicted octanol–water partition coefficient (Wildman–Crippen LogP) is 2.09. The summed E-state index contributed by atoms with van der Waals surface area (Å²) in [7, 11) is 1.45. The fraction of sp³-hybridized carbons (Fsp3) is 0.455. The summed E-state index contributed by atoms with van der Waals surface area (Å²) in [5.41, 5.74) is -0.726. The summed E-state index contributed by atoms with van der Waals surface area (Å²) in [5, 5.41) is 9.82. The summed E-state index contributed by atoms with van der Waals surface area (Å²) < 4.78 is 5.03. The molecule has 1 aromatic heterocycles. The number of carbonyl (C=O) groups excluding carboxylic acids is 1. The Kier molecular flexibility index (Phi) is 3.88. The van der Waals surface area contributed by atoms with E-state index in [0.717, 1.165) is 0 Å². The molecule has 1 N–H and O–H groups in total. The highest BCUT2D eigenvalue weighted by Gasteiger charge is 2.22. The highest BCUT2D eigenvalue weighted by atomic mass is 35.5. The van der Waals surface area contributed by atoms with Crippen LogP contribution in [0.5, 0.6) is 5.75 Å². The number of halogens is 1. The molecule has 5 heteroatoms. The van der Waals surface area contributed by atoms with Crippen LogP contribution < -0.4 is 4.74 Å². The fourth-order valence-corrected chi connectivity index (χ4v) is 1.43. The Balaban J connectivity index is 2.99. The summed E-state index contributed by atoms with van der Waals surface area (Å²) in [4.78, 5) is 15.7. The number of aromatic nitrogens is 1. The Bertz CT molecular complexity index is 399. The second-order valence-electron chi connectivity index (χ2n) is 4.12. The van der Waals surface area contributed by atoms with E-state index in [4.69, 9.17) is 16.3 Å². The van der Waals surface area contributed by atoms with E-state index < -0.39 is 5.60 Å². The van der Waals surface area contributed by atoms with Gasteiger partial charge in [0.2, 0.25) is 0 Å². The topological polar surface area (TPSA) is 59.4 Å². The minimum absolute atomic E-state index is 0.00662. The van der Waals surface area contributed by atoms with E-state index in [-0.39, 0.29) is 17.4 Å². The number of rotatable bonds is 4. The first kappa shape index (κ1) is 12.9. The SMILES string of the molecule is COc1cc(Cl)ncc1C(=O)CC(C)(C)O. The van der Waals surface area contributed by atoms with Crippen LogP contribution in [-0.4, -0.2) is 28.6 Å². The molecule has 1 aromatic rings. The van der Waals surface area contributed by atoms with Crippen LogP contribution in [-0.2, 0) is 0 Å². The van der Waals surface area contributed by atoms with Crippen LogP contribution in [0.2, 0.25) is 5.15 Å². The Labute approximate surface area is 99.2 Å². The molecule has 0 unspecified atom stereocenters. The van der Waals surface area contributed by atoms with Crippen molar-refractivity contribution in [2.75, 3.05) is 7.11 Å². The van der Waals surface area contributed by atoms with Crippen molar-refractivity contribution in [1.82, 2.24) is 4.98 Å². The molecule has 0 saturated carbocycles.